The van der Waals surface area contributed by atoms with Crippen molar-refractivity contribution in [3.63, 3.8) is 0 Å². The van der Waals surface area contributed by atoms with Gasteiger partial charge in [0.15, 0.2) is 12.4 Å². The van der Waals surface area contributed by atoms with Crippen molar-refractivity contribution in [3.05, 3.63) is 0 Å². The second-order valence-corrected chi connectivity index (χ2v) is 4.14. The summed E-state index contributed by atoms with van der Waals surface area (Å²) >= 11 is 0. The number of carbonyl (C=O) groups excluding carboxylic acids is 1. The molecule has 1 aliphatic rings. The number of esters is 1. The van der Waals surface area contributed by atoms with Crippen molar-refractivity contribution in [1.82, 2.24) is 0 Å². The van der Waals surface area contributed by atoms with Crippen LogP contribution < -0.4 is 0 Å². The van der Waals surface area contributed by atoms with Crippen LogP contribution in [0.3, 0.4) is 0 Å². The van der Waals surface area contributed by atoms with Crippen molar-refractivity contribution in [1.29, 1.82) is 0 Å². The summed E-state index contributed by atoms with van der Waals surface area (Å²) in [4.78, 5) is 11.0. The van der Waals surface area contributed by atoms with E-state index in [9.17, 15) is 15.0 Å². The molecular formula is C11H20O8. The highest BCUT2D eigenvalue weighted by Gasteiger charge is 2.47. The van der Waals surface area contributed by atoms with Crippen LogP contribution in [0.5, 0.6) is 0 Å². The Hall–Kier alpha value is -0.770. The van der Waals surface area contributed by atoms with Crippen LogP contribution in [0.25, 0.3) is 0 Å². The van der Waals surface area contributed by atoms with Gasteiger partial charge >= 0.3 is 5.97 Å². The maximum atomic E-state index is 11.0. The zero-order chi connectivity index (χ0) is 14.4. The Kier molecular flexibility index (Phi) is 6.63. The number of ether oxygens (including phenoxy) is 4. The quantitative estimate of drug-likeness (QED) is 0.379. The molecule has 0 amide bonds. The van der Waals surface area contributed by atoms with Gasteiger partial charge in [0.2, 0.25) is 0 Å². The van der Waals surface area contributed by atoms with Crippen LogP contribution >= 0.6 is 0 Å². The predicted octanol–water partition coefficient (Wildman–Crippen LogP) is -1.98. The lowest BCUT2D eigenvalue weighted by Crippen LogP contribution is -2.60. The Labute approximate surface area is 110 Å². The number of aliphatic hydroxyl groups is 3. The molecule has 5 atom stereocenters. The third-order valence-electron chi connectivity index (χ3n) is 2.72. The first-order chi connectivity index (χ1) is 9.01. The summed E-state index contributed by atoms with van der Waals surface area (Å²) in [6.45, 7) is 1.09. The van der Waals surface area contributed by atoms with Gasteiger partial charge in [0.1, 0.15) is 18.3 Å². The summed E-state index contributed by atoms with van der Waals surface area (Å²) in [7, 11) is 1.48. The van der Waals surface area contributed by atoms with Crippen LogP contribution in [-0.2, 0) is 23.7 Å². The van der Waals surface area contributed by atoms with Crippen LogP contribution in [0.1, 0.15) is 6.92 Å². The van der Waals surface area contributed by atoms with Gasteiger partial charge in [-0.3, -0.25) is 4.79 Å². The van der Waals surface area contributed by atoms with Crippen molar-refractivity contribution in [2.75, 3.05) is 26.9 Å². The maximum Gasteiger partial charge on any atom is 0.303 e. The summed E-state index contributed by atoms with van der Waals surface area (Å²) in [6, 6.07) is 0. The third kappa shape index (κ3) is 4.37. The standard InChI is InChI=1S/C11H20O8/c1-6(13)18-10-9(17-4-3-16-2)8(14)7(5-12)19-11(10)15/h7-12,14-15H,3-5H2,1-2H3/t7-,8-,9-,10-,11?/m1/s1. The van der Waals surface area contributed by atoms with Gasteiger partial charge in [-0.2, -0.15) is 0 Å². The van der Waals surface area contributed by atoms with E-state index in [4.69, 9.17) is 24.1 Å². The fourth-order valence-electron chi connectivity index (χ4n) is 1.83. The van der Waals surface area contributed by atoms with E-state index >= 15 is 0 Å². The van der Waals surface area contributed by atoms with Crippen LogP contribution in [0.4, 0.5) is 0 Å². The molecule has 1 fully saturated rings. The highest BCUT2D eigenvalue weighted by molar-refractivity contribution is 5.66. The van der Waals surface area contributed by atoms with Crippen molar-refractivity contribution in [3.8, 4) is 0 Å². The van der Waals surface area contributed by atoms with Gasteiger partial charge in [0.25, 0.3) is 0 Å². The molecule has 1 saturated heterocycles. The first-order valence-electron chi connectivity index (χ1n) is 5.91. The number of carbonyl (C=O) groups is 1. The van der Waals surface area contributed by atoms with E-state index in [1.165, 1.54) is 14.0 Å². The van der Waals surface area contributed by atoms with Crippen LogP contribution in [0.15, 0.2) is 0 Å². The topological polar surface area (TPSA) is 115 Å². The van der Waals surface area contributed by atoms with E-state index in [0.717, 1.165) is 0 Å². The lowest BCUT2D eigenvalue weighted by Gasteiger charge is -2.41. The summed E-state index contributed by atoms with van der Waals surface area (Å²) in [5.74, 6) is -0.636. The first-order valence-corrected chi connectivity index (χ1v) is 5.91. The molecule has 0 aromatic heterocycles. The molecule has 19 heavy (non-hydrogen) atoms. The molecule has 1 unspecified atom stereocenters. The molecule has 1 rings (SSSR count). The number of aliphatic hydroxyl groups excluding tert-OH is 3. The van der Waals surface area contributed by atoms with E-state index in [1.807, 2.05) is 0 Å². The minimum absolute atomic E-state index is 0.140. The van der Waals surface area contributed by atoms with Crippen molar-refractivity contribution in [2.45, 2.75) is 37.6 Å². The number of rotatable bonds is 6. The Morgan fingerprint density at radius 3 is 2.47 bits per heavy atom. The smallest absolute Gasteiger partial charge is 0.303 e. The van der Waals surface area contributed by atoms with Crippen molar-refractivity contribution < 1.29 is 39.1 Å². The number of methoxy groups -OCH3 is 1. The normalized spacial score (nSPS) is 35.1. The van der Waals surface area contributed by atoms with Crippen LogP contribution in [-0.4, -0.2) is 78.9 Å². The average Bonchev–Trinajstić information content (AvgIpc) is 2.36. The van der Waals surface area contributed by atoms with E-state index in [1.54, 1.807) is 0 Å². The second kappa shape index (κ2) is 7.73. The number of hydrogen-bond donors (Lipinski definition) is 3. The zero-order valence-electron chi connectivity index (χ0n) is 10.9. The molecule has 0 radical (unpaired) electrons. The molecule has 0 bridgehead atoms. The van der Waals surface area contributed by atoms with Gasteiger partial charge in [0, 0.05) is 14.0 Å². The molecule has 0 aromatic rings. The van der Waals surface area contributed by atoms with Gasteiger partial charge in [-0.15, -0.1) is 0 Å². The van der Waals surface area contributed by atoms with Gasteiger partial charge in [-0.1, -0.05) is 0 Å². The average molecular weight is 280 g/mol. The highest BCUT2D eigenvalue weighted by Crippen LogP contribution is 2.24. The summed E-state index contributed by atoms with van der Waals surface area (Å²) < 4.78 is 20.0. The molecule has 1 aliphatic heterocycles. The molecule has 0 saturated carbocycles. The summed E-state index contributed by atoms with van der Waals surface area (Å²) in [5, 5.41) is 28.8. The zero-order valence-corrected chi connectivity index (χ0v) is 10.9. The van der Waals surface area contributed by atoms with Crippen molar-refractivity contribution in [2.24, 2.45) is 0 Å². The van der Waals surface area contributed by atoms with Gasteiger partial charge in [-0.05, 0) is 0 Å². The first kappa shape index (κ1) is 16.3. The van der Waals surface area contributed by atoms with Crippen LogP contribution in [0.2, 0.25) is 0 Å². The Bertz CT molecular complexity index is 284. The molecule has 3 N–H and O–H groups in total. The summed E-state index contributed by atoms with van der Waals surface area (Å²) in [6.07, 6.45) is -5.87. The van der Waals surface area contributed by atoms with Gasteiger partial charge in [0.05, 0.1) is 19.8 Å². The van der Waals surface area contributed by atoms with E-state index in [0.29, 0.717) is 0 Å². The highest BCUT2D eigenvalue weighted by atomic mass is 16.7. The SMILES string of the molecule is COCCO[C@@H]1[C@H](O)[C@@H](CO)OC(O)[C@@H]1OC(C)=O. The molecule has 8 heteroatoms. The van der Waals surface area contributed by atoms with Crippen LogP contribution in [0, 0.1) is 0 Å². The maximum absolute atomic E-state index is 11.0. The number of hydrogen-bond acceptors (Lipinski definition) is 8. The van der Waals surface area contributed by atoms with Crippen molar-refractivity contribution >= 4 is 5.97 Å². The lowest BCUT2D eigenvalue weighted by atomic mass is 9.99. The molecule has 0 spiro atoms. The second-order valence-electron chi connectivity index (χ2n) is 4.14. The Balaban J connectivity index is 2.74. The third-order valence-corrected chi connectivity index (χ3v) is 2.72. The Morgan fingerprint density at radius 1 is 1.26 bits per heavy atom. The fraction of sp³-hybridized carbons (Fsp3) is 0.909. The molecule has 0 aromatic carbocycles. The van der Waals surface area contributed by atoms with E-state index < -0.39 is 43.3 Å². The molecule has 0 aliphatic carbocycles. The van der Waals surface area contributed by atoms with Gasteiger partial charge < -0.3 is 34.3 Å². The molecule has 1 heterocycles. The monoisotopic (exact) mass is 280 g/mol. The fourth-order valence-corrected chi connectivity index (χ4v) is 1.83. The summed E-state index contributed by atoms with van der Waals surface area (Å²) in [5.41, 5.74) is 0. The van der Waals surface area contributed by atoms with E-state index in [-0.39, 0.29) is 13.2 Å². The Morgan fingerprint density at radius 2 is 1.95 bits per heavy atom. The molecular weight excluding hydrogens is 260 g/mol. The molecule has 112 valence electrons. The molecule has 8 nitrogen and oxygen atoms in total. The predicted molar refractivity (Wildman–Crippen MR) is 61.1 cm³/mol. The minimum atomic E-state index is -1.48. The largest absolute Gasteiger partial charge is 0.454 e. The lowest BCUT2D eigenvalue weighted by molar-refractivity contribution is -0.298. The van der Waals surface area contributed by atoms with Gasteiger partial charge in [-0.25, -0.2) is 0 Å². The van der Waals surface area contributed by atoms with E-state index in [2.05, 4.69) is 0 Å². The minimum Gasteiger partial charge on any atom is -0.454 e.